The molecule has 0 aliphatic carbocycles. The number of methoxy groups -OCH3 is 2. The fourth-order valence-electron chi connectivity index (χ4n) is 2.57. The highest BCUT2D eigenvalue weighted by molar-refractivity contribution is 6.30. The summed E-state index contributed by atoms with van der Waals surface area (Å²) < 4.78 is 15.7. The van der Waals surface area contributed by atoms with Gasteiger partial charge in [0.05, 0.1) is 14.2 Å². The number of hydrogen-bond acceptors (Lipinski definition) is 6. The second-order valence-electron chi connectivity index (χ2n) is 5.98. The van der Waals surface area contributed by atoms with Gasteiger partial charge >= 0.3 is 0 Å². The number of aromatic nitrogens is 2. The number of hydrogen-bond donors (Lipinski definition) is 1. The maximum absolute atomic E-state index is 12.1. The Hall–Kier alpha value is -3.06. The standard InChI is InChI=1S/C20H20ClN3O4/c1-26-16-8-3-13(11-17(16)27-2)12-22-18(25)9-10-19-23-20(24-28-19)14-4-6-15(21)7-5-14/h3-8,11H,9-10,12H2,1-2H3,(H,22,25). The van der Waals surface area contributed by atoms with Crippen LogP contribution in [0.3, 0.4) is 0 Å². The fraction of sp³-hybridized carbons (Fsp3) is 0.250. The Morgan fingerprint density at radius 1 is 1.11 bits per heavy atom. The zero-order chi connectivity index (χ0) is 19.9. The predicted octanol–water partition coefficient (Wildman–Crippen LogP) is 3.66. The minimum atomic E-state index is -0.110. The second-order valence-corrected chi connectivity index (χ2v) is 6.42. The van der Waals surface area contributed by atoms with E-state index < -0.39 is 0 Å². The average molecular weight is 402 g/mol. The van der Waals surface area contributed by atoms with E-state index in [1.807, 2.05) is 24.3 Å². The number of halogens is 1. The molecule has 0 unspecified atom stereocenters. The minimum absolute atomic E-state index is 0.110. The highest BCUT2D eigenvalue weighted by atomic mass is 35.5. The van der Waals surface area contributed by atoms with Crippen molar-refractivity contribution in [1.29, 1.82) is 0 Å². The lowest BCUT2D eigenvalue weighted by Crippen LogP contribution is -2.23. The number of aryl methyl sites for hydroxylation is 1. The van der Waals surface area contributed by atoms with Gasteiger partial charge in [-0.1, -0.05) is 22.8 Å². The molecule has 0 spiro atoms. The van der Waals surface area contributed by atoms with Gasteiger partial charge in [0.15, 0.2) is 11.5 Å². The topological polar surface area (TPSA) is 86.5 Å². The van der Waals surface area contributed by atoms with Crippen LogP contribution in [-0.4, -0.2) is 30.3 Å². The molecule has 3 aromatic rings. The van der Waals surface area contributed by atoms with Gasteiger partial charge in [0.25, 0.3) is 0 Å². The summed E-state index contributed by atoms with van der Waals surface area (Å²) in [4.78, 5) is 16.4. The van der Waals surface area contributed by atoms with Gasteiger partial charge in [0, 0.05) is 30.0 Å². The molecule has 7 nitrogen and oxygen atoms in total. The van der Waals surface area contributed by atoms with Crippen LogP contribution in [0.2, 0.25) is 5.02 Å². The van der Waals surface area contributed by atoms with Crippen LogP contribution < -0.4 is 14.8 Å². The molecule has 8 heteroatoms. The SMILES string of the molecule is COc1ccc(CNC(=O)CCc2nc(-c3ccc(Cl)cc3)no2)cc1OC. The van der Waals surface area contributed by atoms with Crippen LogP contribution in [-0.2, 0) is 17.8 Å². The first kappa shape index (κ1) is 19.7. The first-order chi connectivity index (χ1) is 13.6. The third kappa shape index (κ3) is 5.01. The number of carbonyl (C=O) groups excluding carboxylic acids is 1. The molecule has 1 amide bonds. The van der Waals surface area contributed by atoms with Crippen molar-refractivity contribution in [2.75, 3.05) is 14.2 Å². The van der Waals surface area contributed by atoms with Gasteiger partial charge in [0.1, 0.15) is 0 Å². The summed E-state index contributed by atoms with van der Waals surface area (Å²) in [5, 5.41) is 7.44. The first-order valence-corrected chi connectivity index (χ1v) is 9.03. The summed E-state index contributed by atoms with van der Waals surface area (Å²) in [6, 6.07) is 12.6. The Kier molecular flexibility index (Phi) is 6.49. The summed E-state index contributed by atoms with van der Waals surface area (Å²) in [6.45, 7) is 0.388. The normalized spacial score (nSPS) is 10.5. The lowest BCUT2D eigenvalue weighted by Gasteiger charge is -2.10. The molecule has 0 radical (unpaired) electrons. The number of rotatable bonds is 8. The highest BCUT2D eigenvalue weighted by Gasteiger charge is 2.11. The van der Waals surface area contributed by atoms with Gasteiger partial charge in [-0.2, -0.15) is 4.98 Å². The van der Waals surface area contributed by atoms with Gasteiger partial charge in [0.2, 0.25) is 17.6 Å². The summed E-state index contributed by atoms with van der Waals surface area (Å²) in [7, 11) is 3.15. The molecule has 1 heterocycles. The number of carbonyl (C=O) groups is 1. The zero-order valence-electron chi connectivity index (χ0n) is 15.6. The third-order valence-corrected chi connectivity index (χ3v) is 4.33. The van der Waals surface area contributed by atoms with Crippen molar-refractivity contribution >= 4 is 17.5 Å². The van der Waals surface area contributed by atoms with Gasteiger partial charge < -0.3 is 19.3 Å². The van der Waals surface area contributed by atoms with Crippen molar-refractivity contribution in [2.24, 2.45) is 0 Å². The lowest BCUT2D eigenvalue weighted by molar-refractivity contribution is -0.121. The van der Waals surface area contributed by atoms with E-state index in [2.05, 4.69) is 15.5 Å². The lowest BCUT2D eigenvalue weighted by atomic mass is 10.2. The molecular weight excluding hydrogens is 382 g/mol. The molecule has 0 aliphatic rings. The van der Waals surface area contributed by atoms with Crippen LogP contribution in [0.5, 0.6) is 11.5 Å². The second kappa shape index (κ2) is 9.23. The maximum atomic E-state index is 12.1. The number of nitrogens with one attached hydrogen (secondary N) is 1. The summed E-state index contributed by atoms with van der Waals surface area (Å²) >= 11 is 5.87. The van der Waals surface area contributed by atoms with Gasteiger partial charge in [-0.25, -0.2) is 0 Å². The van der Waals surface area contributed by atoms with E-state index in [1.165, 1.54) is 0 Å². The van der Waals surface area contributed by atoms with Crippen LogP contribution in [0, 0.1) is 0 Å². The average Bonchev–Trinajstić information content (AvgIpc) is 3.20. The molecule has 3 rings (SSSR count). The van der Waals surface area contributed by atoms with Crippen LogP contribution in [0.1, 0.15) is 17.9 Å². The van der Waals surface area contributed by atoms with Gasteiger partial charge in [-0.05, 0) is 42.0 Å². The molecule has 146 valence electrons. The minimum Gasteiger partial charge on any atom is -0.493 e. The fourth-order valence-corrected chi connectivity index (χ4v) is 2.70. The first-order valence-electron chi connectivity index (χ1n) is 8.65. The van der Waals surface area contributed by atoms with Gasteiger partial charge in [-0.3, -0.25) is 4.79 Å². The van der Waals surface area contributed by atoms with Crippen LogP contribution in [0.15, 0.2) is 47.0 Å². The van der Waals surface area contributed by atoms with Crippen molar-refractivity contribution < 1.29 is 18.8 Å². The number of ether oxygens (including phenoxy) is 2. The summed E-state index contributed by atoms with van der Waals surface area (Å²) in [5.41, 5.74) is 1.71. The van der Waals surface area contributed by atoms with Crippen LogP contribution >= 0.6 is 11.6 Å². The Bertz CT molecular complexity index is 941. The molecule has 1 N–H and O–H groups in total. The van der Waals surface area contributed by atoms with E-state index in [9.17, 15) is 4.79 Å². The molecule has 28 heavy (non-hydrogen) atoms. The highest BCUT2D eigenvalue weighted by Crippen LogP contribution is 2.27. The smallest absolute Gasteiger partial charge is 0.227 e. The predicted molar refractivity (Wildman–Crippen MR) is 104 cm³/mol. The third-order valence-electron chi connectivity index (χ3n) is 4.07. The number of amides is 1. The van der Waals surface area contributed by atoms with Crippen molar-refractivity contribution in [2.45, 2.75) is 19.4 Å². The zero-order valence-corrected chi connectivity index (χ0v) is 16.3. The van der Waals surface area contributed by atoms with Crippen molar-refractivity contribution in [3.63, 3.8) is 0 Å². The van der Waals surface area contributed by atoms with Crippen molar-refractivity contribution in [3.05, 3.63) is 58.9 Å². The van der Waals surface area contributed by atoms with Crippen LogP contribution in [0.4, 0.5) is 0 Å². The van der Waals surface area contributed by atoms with Gasteiger partial charge in [-0.15, -0.1) is 0 Å². The monoisotopic (exact) mass is 401 g/mol. The maximum Gasteiger partial charge on any atom is 0.227 e. The Balaban J connectivity index is 1.50. The molecule has 0 saturated carbocycles. The van der Waals surface area contributed by atoms with E-state index in [0.29, 0.717) is 41.2 Å². The van der Waals surface area contributed by atoms with E-state index in [-0.39, 0.29) is 12.3 Å². The molecular formula is C20H20ClN3O4. The molecule has 2 aromatic carbocycles. The molecule has 0 aliphatic heterocycles. The Morgan fingerprint density at radius 3 is 2.57 bits per heavy atom. The van der Waals surface area contributed by atoms with E-state index >= 15 is 0 Å². The molecule has 1 aromatic heterocycles. The summed E-state index contributed by atoms with van der Waals surface area (Å²) in [6.07, 6.45) is 0.605. The summed E-state index contributed by atoms with van der Waals surface area (Å²) in [5.74, 6) is 2.03. The Labute approximate surface area is 167 Å². The van der Waals surface area contributed by atoms with E-state index in [4.69, 9.17) is 25.6 Å². The molecule has 0 fully saturated rings. The number of nitrogens with zero attached hydrogens (tertiary/aromatic N) is 2. The molecule has 0 atom stereocenters. The van der Waals surface area contributed by atoms with Crippen molar-refractivity contribution in [1.82, 2.24) is 15.5 Å². The van der Waals surface area contributed by atoms with E-state index in [0.717, 1.165) is 11.1 Å². The molecule has 0 saturated heterocycles. The number of benzene rings is 2. The van der Waals surface area contributed by atoms with Crippen LogP contribution in [0.25, 0.3) is 11.4 Å². The Morgan fingerprint density at radius 2 is 1.86 bits per heavy atom. The largest absolute Gasteiger partial charge is 0.493 e. The quantitative estimate of drug-likeness (QED) is 0.620. The van der Waals surface area contributed by atoms with Crippen molar-refractivity contribution in [3.8, 4) is 22.9 Å². The van der Waals surface area contributed by atoms with E-state index in [1.54, 1.807) is 32.4 Å². The molecule has 0 bridgehead atoms.